The predicted molar refractivity (Wildman–Crippen MR) is 111 cm³/mol. The van der Waals surface area contributed by atoms with Crippen LogP contribution in [0.15, 0.2) is 22.9 Å². The summed E-state index contributed by atoms with van der Waals surface area (Å²) in [6.45, 7) is 9.47. The van der Waals surface area contributed by atoms with Crippen LogP contribution < -0.4 is 4.90 Å². The van der Waals surface area contributed by atoms with Gasteiger partial charge < -0.3 is 14.5 Å². The van der Waals surface area contributed by atoms with E-state index in [4.69, 9.17) is 4.74 Å². The molecule has 0 radical (unpaired) electrons. The number of unbranched alkanes of at least 4 members (excludes halogenated alkanes) is 1. The number of piperidine rings is 1. The van der Waals surface area contributed by atoms with Gasteiger partial charge in [0.2, 0.25) is 0 Å². The Kier molecular flexibility index (Phi) is 7.76. The average Bonchev–Trinajstić information content (AvgIpc) is 2.70. The number of carbonyl (C=O) groups excluding carboxylic acids is 1. The second-order valence-corrected chi connectivity index (χ2v) is 8.34. The molecule has 0 N–H and O–H groups in total. The van der Waals surface area contributed by atoms with E-state index in [2.05, 4.69) is 43.7 Å². The first-order valence-electron chi connectivity index (χ1n) is 10.2. The van der Waals surface area contributed by atoms with Crippen LogP contribution in [-0.2, 0) is 4.74 Å². The Hall–Kier alpha value is -1.34. The molecule has 0 bridgehead atoms. The lowest BCUT2D eigenvalue weighted by molar-refractivity contribution is 0.0701. The summed E-state index contributed by atoms with van der Waals surface area (Å²) in [5.41, 5.74) is 1.21. The van der Waals surface area contributed by atoms with Crippen LogP contribution in [0.5, 0.6) is 0 Å². The van der Waals surface area contributed by atoms with Crippen molar-refractivity contribution in [2.45, 2.75) is 32.6 Å². The van der Waals surface area contributed by atoms with Crippen molar-refractivity contribution in [3.8, 4) is 0 Å². The molecule has 0 saturated carbocycles. The van der Waals surface area contributed by atoms with Gasteiger partial charge in [-0.2, -0.15) is 0 Å². The molecule has 1 amide bonds. The highest BCUT2D eigenvalue weighted by Crippen LogP contribution is 2.24. The third-order valence-electron chi connectivity index (χ3n) is 5.56. The minimum atomic E-state index is -0.139. The Morgan fingerprint density at radius 1 is 1.19 bits per heavy atom. The minimum absolute atomic E-state index is 0.139. The summed E-state index contributed by atoms with van der Waals surface area (Å²) in [7, 11) is 0. The number of nitrogens with zero attached hydrogens (tertiary/aromatic N) is 4. The molecule has 0 spiro atoms. The van der Waals surface area contributed by atoms with Crippen molar-refractivity contribution >= 4 is 27.7 Å². The number of amides is 1. The van der Waals surface area contributed by atoms with Crippen LogP contribution in [0.1, 0.15) is 32.6 Å². The van der Waals surface area contributed by atoms with Gasteiger partial charge in [0.25, 0.3) is 0 Å². The van der Waals surface area contributed by atoms with Crippen LogP contribution in [0, 0.1) is 5.92 Å². The molecule has 0 unspecified atom stereocenters. The number of rotatable bonds is 6. The number of anilines is 1. The second-order valence-electron chi connectivity index (χ2n) is 7.53. The summed E-state index contributed by atoms with van der Waals surface area (Å²) in [5.74, 6) is 0.743. The first-order chi connectivity index (χ1) is 13.2. The van der Waals surface area contributed by atoms with Crippen molar-refractivity contribution in [1.29, 1.82) is 0 Å². The molecular formula is C20H31BrN4O2. The first-order valence-corrected chi connectivity index (χ1v) is 11.0. The predicted octanol–water partition coefficient (Wildman–Crippen LogP) is 3.61. The van der Waals surface area contributed by atoms with Crippen molar-refractivity contribution in [1.82, 2.24) is 14.8 Å². The summed E-state index contributed by atoms with van der Waals surface area (Å²) >= 11 is 3.40. The van der Waals surface area contributed by atoms with Gasteiger partial charge >= 0.3 is 6.09 Å². The molecule has 1 aromatic rings. The van der Waals surface area contributed by atoms with Gasteiger partial charge in [-0.05, 0) is 53.2 Å². The largest absolute Gasteiger partial charge is 0.449 e. The van der Waals surface area contributed by atoms with Gasteiger partial charge in [0.1, 0.15) is 4.60 Å². The van der Waals surface area contributed by atoms with E-state index in [0.717, 1.165) is 69.2 Å². The SMILES string of the molecule is CCCCOC(=O)N1CCN(CC2CCN(c3ccc(Br)nc3)CC2)CC1. The van der Waals surface area contributed by atoms with Gasteiger partial charge in [-0.15, -0.1) is 0 Å². The van der Waals surface area contributed by atoms with E-state index in [1.54, 1.807) is 0 Å². The Morgan fingerprint density at radius 3 is 2.56 bits per heavy atom. The lowest BCUT2D eigenvalue weighted by Crippen LogP contribution is -2.50. The Labute approximate surface area is 171 Å². The van der Waals surface area contributed by atoms with Crippen molar-refractivity contribution in [2.75, 3.05) is 57.3 Å². The monoisotopic (exact) mass is 438 g/mol. The Bertz CT molecular complexity index is 582. The zero-order valence-corrected chi connectivity index (χ0v) is 17.9. The third-order valence-corrected chi connectivity index (χ3v) is 6.03. The number of piperazine rings is 1. The van der Waals surface area contributed by atoms with Crippen LogP contribution in [0.4, 0.5) is 10.5 Å². The molecular weight excluding hydrogens is 408 g/mol. The van der Waals surface area contributed by atoms with E-state index in [-0.39, 0.29) is 6.09 Å². The van der Waals surface area contributed by atoms with Crippen molar-refractivity contribution in [3.05, 3.63) is 22.9 Å². The zero-order chi connectivity index (χ0) is 19.1. The molecule has 7 heteroatoms. The number of ether oxygens (including phenoxy) is 1. The molecule has 6 nitrogen and oxygen atoms in total. The quantitative estimate of drug-likeness (QED) is 0.501. The summed E-state index contributed by atoms with van der Waals surface area (Å²) in [4.78, 5) is 23.2. The molecule has 0 aliphatic carbocycles. The Balaban J connectivity index is 1.35. The molecule has 2 saturated heterocycles. The van der Waals surface area contributed by atoms with Crippen LogP contribution in [0.2, 0.25) is 0 Å². The minimum Gasteiger partial charge on any atom is -0.449 e. The number of aromatic nitrogens is 1. The van der Waals surface area contributed by atoms with Gasteiger partial charge in [0.05, 0.1) is 18.5 Å². The fraction of sp³-hybridized carbons (Fsp3) is 0.700. The van der Waals surface area contributed by atoms with Crippen molar-refractivity contribution in [2.24, 2.45) is 5.92 Å². The standard InChI is InChI=1S/C20H31BrN4O2/c1-2-3-14-27-20(26)25-12-10-23(11-13-25)16-17-6-8-24(9-7-17)18-4-5-19(21)22-15-18/h4-5,15,17H,2-3,6-14,16H2,1H3. The van der Waals surface area contributed by atoms with Gasteiger partial charge in [-0.25, -0.2) is 9.78 Å². The maximum atomic E-state index is 12.0. The third kappa shape index (κ3) is 6.07. The summed E-state index contributed by atoms with van der Waals surface area (Å²) in [5, 5.41) is 0. The molecule has 3 heterocycles. The van der Waals surface area contributed by atoms with E-state index in [1.807, 2.05) is 17.2 Å². The lowest BCUT2D eigenvalue weighted by Gasteiger charge is -2.39. The summed E-state index contributed by atoms with van der Waals surface area (Å²) < 4.78 is 6.21. The molecule has 1 aromatic heterocycles. The fourth-order valence-electron chi connectivity index (χ4n) is 3.80. The van der Waals surface area contributed by atoms with Crippen LogP contribution >= 0.6 is 15.9 Å². The van der Waals surface area contributed by atoms with Crippen molar-refractivity contribution in [3.63, 3.8) is 0 Å². The summed E-state index contributed by atoms with van der Waals surface area (Å²) in [6.07, 6.45) is 6.24. The van der Waals surface area contributed by atoms with E-state index in [0.29, 0.717) is 6.61 Å². The number of carbonyl (C=O) groups is 1. The van der Waals surface area contributed by atoms with Gasteiger partial charge in [-0.3, -0.25) is 4.90 Å². The van der Waals surface area contributed by atoms with Crippen LogP contribution in [0.3, 0.4) is 0 Å². The van der Waals surface area contributed by atoms with Crippen molar-refractivity contribution < 1.29 is 9.53 Å². The molecule has 2 aliphatic rings. The highest BCUT2D eigenvalue weighted by Gasteiger charge is 2.26. The van der Waals surface area contributed by atoms with Gasteiger partial charge in [0, 0.05) is 45.8 Å². The zero-order valence-electron chi connectivity index (χ0n) is 16.3. The fourth-order valence-corrected chi connectivity index (χ4v) is 4.04. The number of hydrogen-bond acceptors (Lipinski definition) is 5. The Morgan fingerprint density at radius 2 is 1.93 bits per heavy atom. The smallest absolute Gasteiger partial charge is 0.409 e. The number of halogens is 1. The molecule has 150 valence electrons. The van der Waals surface area contributed by atoms with E-state index in [9.17, 15) is 4.79 Å². The van der Waals surface area contributed by atoms with Crippen LogP contribution in [-0.4, -0.2) is 73.3 Å². The highest BCUT2D eigenvalue weighted by molar-refractivity contribution is 9.10. The van der Waals surface area contributed by atoms with Gasteiger partial charge in [0.15, 0.2) is 0 Å². The molecule has 0 atom stereocenters. The number of pyridine rings is 1. The number of hydrogen-bond donors (Lipinski definition) is 0. The molecule has 2 fully saturated rings. The molecule has 2 aliphatic heterocycles. The molecule has 0 aromatic carbocycles. The van der Waals surface area contributed by atoms with E-state index >= 15 is 0 Å². The maximum Gasteiger partial charge on any atom is 0.409 e. The molecule has 27 heavy (non-hydrogen) atoms. The van der Waals surface area contributed by atoms with Crippen LogP contribution in [0.25, 0.3) is 0 Å². The van der Waals surface area contributed by atoms with E-state index in [1.165, 1.54) is 18.5 Å². The normalized spacial score (nSPS) is 19.3. The lowest BCUT2D eigenvalue weighted by atomic mass is 9.95. The van der Waals surface area contributed by atoms with E-state index < -0.39 is 0 Å². The maximum absolute atomic E-state index is 12.0. The average molecular weight is 439 g/mol. The summed E-state index contributed by atoms with van der Waals surface area (Å²) in [6, 6.07) is 4.14. The molecule has 3 rings (SSSR count). The topological polar surface area (TPSA) is 48.9 Å². The first kappa shape index (κ1) is 20.4. The van der Waals surface area contributed by atoms with Gasteiger partial charge in [-0.1, -0.05) is 13.3 Å². The second kappa shape index (κ2) is 10.3. The highest BCUT2D eigenvalue weighted by atomic mass is 79.9.